The van der Waals surface area contributed by atoms with Crippen LogP contribution in [-0.2, 0) is 6.42 Å². The summed E-state index contributed by atoms with van der Waals surface area (Å²) < 4.78 is 6.43. The number of hydrazine groups is 1. The zero-order valence-corrected chi connectivity index (χ0v) is 13.1. The summed E-state index contributed by atoms with van der Waals surface area (Å²) in [5, 5.41) is 2.10. The van der Waals surface area contributed by atoms with Crippen molar-refractivity contribution < 1.29 is 4.74 Å². The van der Waals surface area contributed by atoms with E-state index in [0.29, 0.717) is 0 Å². The second-order valence-corrected chi connectivity index (χ2v) is 6.17. The largest absolute Gasteiger partial charge is 0.496 e. The molecule has 0 amide bonds. The van der Waals surface area contributed by atoms with Gasteiger partial charge in [0.1, 0.15) is 5.75 Å². The minimum atomic E-state index is 0.0881. The van der Waals surface area contributed by atoms with Crippen molar-refractivity contribution in [3.8, 4) is 5.75 Å². The fourth-order valence-electron chi connectivity index (χ4n) is 2.04. The number of benzene rings is 1. The maximum absolute atomic E-state index is 5.69. The van der Waals surface area contributed by atoms with Gasteiger partial charge in [-0.1, -0.05) is 28.1 Å². The fraction of sp³-hybridized carbons (Fsp3) is 0.286. The lowest BCUT2D eigenvalue weighted by atomic mass is 10.0. The summed E-state index contributed by atoms with van der Waals surface area (Å²) >= 11 is 5.22. The summed E-state index contributed by atoms with van der Waals surface area (Å²) in [6, 6.07) is 10.3. The van der Waals surface area contributed by atoms with Crippen LogP contribution in [0.25, 0.3) is 0 Å². The minimum Gasteiger partial charge on any atom is -0.496 e. The van der Waals surface area contributed by atoms with Crippen molar-refractivity contribution in [1.29, 1.82) is 0 Å². The van der Waals surface area contributed by atoms with Crippen LogP contribution in [0.5, 0.6) is 5.75 Å². The standard InChI is InChI=1S/C14H17BrN2OS/c1-18-14-9-10(15)4-6-12(14)13(17-16)7-5-11-3-2-8-19-11/h2-4,6,8-9,13,17H,5,7,16H2,1H3. The van der Waals surface area contributed by atoms with Crippen molar-refractivity contribution in [3.05, 3.63) is 50.6 Å². The van der Waals surface area contributed by atoms with Gasteiger partial charge in [0.15, 0.2) is 0 Å². The monoisotopic (exact) mass is 340 g/mol. The van der Waals surface area contributed by atoms with Crippen LogP contribution in [0.15, 0.2) is 40.2 Å². The minimum absolute atomic E-state index is 0.0881. The maximum atomic E-state index is 5.69. The van der Waals surface area contributed by atoms with Gasteiger partial charge in [0.25, 0.3) is 0 Å². The summed E-state index contributed by atoms with van der Waals surface area (Å²) in [6.07, 6.45) is 1.95. The van der Waals surface area contributed by atoms with Crippen LogP contribution in [0.1, 0.15) is 22.9 Å². The van der Waals surface area contributed by atoms with E-state index in [2.05, 4.69) is 38.9 Å². The Morgan fingerprint density at radius 3 is 2.89 bits per heavy atom. The van der Waals surface area contributed by atoms with Crippen LogP contribution < -0.4 is 16.0 Å². The number of aryl methyl sites for hydroxylation is 1. The predicted octanol–water partition coefficient (Wildman–Crippen LogP) is 3.66. The number of nitrogens with one attached hydrogen (secondary N) is 1. The lowest BCUT2D eigenvalue weighted by molar-refractivity contribution is 0.396. The van der Waals surface area contributed by atoms with E-state index in [4.69, 9.17) is 10.6 Å². The van der Waals surface area contributed by atoms with E-state index in [0.717, 1.165) is 28.6 Å². The quantitative estimate of drug-likeness (QED) is 0.623. The number of thiophene rings is 1. The van der Waals surface area contributed by atoms with Gasteiger partial charge in [-0.05, 0) is 36.4 Å². The first-order chi connectivity index (χ1) is 9.24. The molecule has 1 aromatic carbocycles. The molecule has 102 valence electrons. The molecule has 2 aromatic rings. The normalized spacial score (nSPS) is 12.4. The Labute approximate surface area is 125 Å². The summed E-state index contributed by atoms with van der Waals surface area (Å²) in [6.45, 7) is 0. The number of ether oxygens (including phenoxy) is 1. The van der Waals surface area contributed by atoms with E-state index in [1.807, 2.05) is 18.2 Å². The van der Waals surface area contributed by atoms with Gasteiger partial charge in [0, 0.05) is 21.0 Å². The zero-order valence-electron chi connectivity index (χ0n) is 10.7. The lowest BCUT2D eigenvalue weighted by Crippen LogP contribution is -2.28. The SMILES string of the molecule is COc1cc(Br)ccc1C(CCc1cccs1)NN. The third kappa shape index (κ3) is 3.79. The van der Waals surface area contributed by atoms with Crippen molar-refractivity contribution in [1.82, 2.24) is 5.43 Å². The van der Waals surface area contributed by atoms with Gasteiger partial charge in [-0.2, -0.15) is 0 Å². The molecule has 0 aliphatic carbocycles. The van der Waals surface area contributed by atoms with Crippen LogP contribution in [0.4, 0.5) is 0 Å². The highest BCUT2D eigenvalue weighted by atomic mass is 79.9. The Morgan fingerprint density at radius 1 is 1.42 bits per heavy atom. The molecule has 1 heterocycles. The van der Waals surface area contributed by atoms with Crippen LogP contribution in [0.2, 0.25) is 0 Å². The first-order valence-electron chi connectivity index (χ1n) is 6.06. The highest BCUT2D eigenvalue weighted by Crippen LogP contribution is 2.30. The van der Waals surface area contributed by atoms with Crippen LogP contribution in [-0.4, -0.2) is 7.11 Å². The Morgan fingerprint density at radius 2 is 2.26 bits per heavy atom. The van der Waals surface area contributed by atoms with Crippen LogP contribution in [0.3, 0.4) is 0 Å². The van der Waals surface area contributed by atoms with Crippen molar-refractivity contribution in [3.63, 3.8) is 0 Å². The molecule has 0 saturated heterocycles. The number of halogens is 1. The van der Waals surface area contributed by atoms with E-state index in [1.54, 1.807) is 18.4 Å². The van der Waals surface area contributed by atoms with E-state index in [9.17, 15) is 0 Å². The molecule has 1 unspecified atom stereocenters. The van der Waals surface area contributed by atoms with Gasteiger partial charge in [0.2, 0.25) is 0 Å². The molecule has 0 radical (unpaired) electrons. The Balaban J connectivity index is 2.12. The second kappa shape index (κ2) is 7.05. The highest BCUT2D eigenvalue weighted by Gasteiger charge is 2.15. The third-order valence-corrected chi connectivity index (χ3v) is 4.46. The molecule has 3 nitrogen and oxygen atoms in total. The van der Waals surface area contributed by atoms with Gasteiger partial charge in [-0.3, -0.25) is 11.3 Å². The molecule has 5 heteroatoms. The topological polar surface area (TPSA) is 47.3 Å². The first-order valence-corrected chi connectivity index (χ1v) is 7.74. The Kier molecular flexibility index (Phi) is 5.39. The van der Waals surface area contributed by atoms with E-state index in [-0.39, 0.29) is 6.04 Å². The third-order valence-electron chi connectivity index (χ3n) is 3.03. The lowest BCUT2D eigenvalue weighted by Gasteiger charge is -2.19. The van der Waals surface area contributed by atoms with Crippen LogP contribution in [0, 0.1) is 0 Å². The number of rotatable bonds is 6. The molecule has 2 rings (SSSR count). The van der Waals surface area contributed by atoms with Crippen molar-refractivity contribution >= 4 is 27.3 Å². The van der Waals surface area contributed by atoms with Crippen LogP contribution >= 0.6 is 27.3 Å². The van der Waals surface area contributed by atoms with E-state index < -0.39 is 0 Å². The molecule has 0 aliphatic rings. The summed E-state index contributed by atoms with van der Waals surface area (Å²) in [5.41, 5.74) is 3.97. The summed E-state index contributed by atoms with van der Waals surface area (Å²) in [7, 11) is 1.68. The number of methoxy groups -OCH3 is 1. The van der Waals surface area contributed by atoms with Crippen molar-refractivity contribution in [2.45, 2.75) is 18.9 Å². The van der Waals surface area contributed by atoms with E-state index in [1.165, 1.54) is 4.88 Å². The molecule has 0 bridgehead atoms. The van der Waals surface area contributed by atoms with Gasteiger partial charge in [0.05, 0.1) is 7.11 Å². The van der Waals surface area contributed by atoms with Crippen molar-refractivity contribution in [2.24, 2.45) is 5.84 Å². The second-order valence-electron chi connectivity index (χ2n) is 4.22. The number of nitrogens with two attached hydrogens (primary N) is 1. The molecule has 0 aliphatic heterocycles. The van der Waals surface area contributed by atoms with Gasteiger partial charge >= 0.3 is 0 Å². The Hall–Kier alpha value is -0.880. The fourth-order valence-corrected chi connectivity index (χ4v) is 3.11. The van der Waals surface area contributed by atoms with E-state index >= 15 is 0 Å². The molecule has 0 fully saturated rings. The number of hydrogen-bond donors (Lipinski definition) is 2. The molecular weight excluding hydrogens is 324 g/mol. The highest BCUT2D eigenvalue weighted by molar-refractivity contribution is 9.10. The average molecular weight is 341 g/mol. The zero-order chi connectivity index (χ0) is 13.7. The molecule has 1 atom stereocenters. The molecule has 3 N–H and O–H groups in total. The predicted molar refractivity (Wildman–Crippen MR) is 83.4 cm³/mol. The Bertz CT molecular complexity index is 516. The van der Waals surface area contributed by atoms with Gasteiger partial charge < -0.3 is 4.74 Å². The maximum Gasteiger partial charge on any atom is 0.124 e. The van der Waals surface area contributed by atoms with Gasteiger partial charge in [-0.15, -0.1) is 11.3 Å². The first kappa shape index (κ1) is 14.5. The van der Waals surface area contributed by atoms with Crippen molar-refractivity contribution in [2.75, 3.05) is 7.11 Å². The summed E-state index contributed by atoms with van der Waals surface area (Å²) in [4.78, 5) is 1.37. The van der Waals surface area contributed by atoms with Gasteiger partial charge in [-0.25, -0.2) is 0 Å². The molecule has 19 heavy (non-hydrogen) atoms. The summed E-state index contributed by atoms with van der Waals surface area (Å²) in [5.74, 6) is 6.54. The molecular formula is C14H17BrN2OS. The molecule has 0 saturated carbocycles. The smallest absolute Gasteiger partial charge is 0.124 e. The molecule has 1 aromatic heterocycles. The molecule has 0 spiro atoms. The average Bonchev–Trinajstić information content (AvgIpc) is 2.93. The number of hydrogen-bond acceptors (Lipinski definition) is 4.